The van der Waals surface area contributed by atoms with Gasteiger partial charge in [0.05, 0.1) is 19.2 Å². The highest BCUT2D eigenvalue weighted by molar-refractivity contribution is 7.99. The summed E-state index contributed by atoms with van der Waals surface area (Å²) >= 11 is 1.23. The van der Waals surface area contributed by atoms with E-state index in [1.165, 1.54) is 24.9 Å². The van der Waals surface area contributed by atoms with Crippen LogP contribution in [0.25, 0.3) is 10.9 Å². The van der Waals surface area contributed by atoms with Crippen LogP contribution in [0.15, 0.2) is 46.3 Å². The Morgan fingerprint density at radius 3 is 2.47 bits per heavy atom. The topological polar surface area (TPSA) is 104 Å². The lowest BCUT2D eigenvalue weighted by Crippen LogP contribution is -2.56. The van der Waals surface area contributed by atoms with Crippen LogP contribution in [0.2, 0.25) is 0 Å². The molecule has 0 bridgehead atoms. The Balaban J connectivity index is 1.83. The van der Waals surface area contributed by atoms with Gasteiger partial charge in [-0.25, -0.2) is 4.39 Å². The second kappa shape index (κ2) is 9.01. The Hall–Kier alpha value is -2.14. The first-order valence-electron chi connectivity index (χ1n) is 10.2. The summed E-state index contributed by atoms with van der Waals surface area (Å²) in [5, 5.41) is 41.5. The lowest BCUT2D eigenvalue weighted by molar-refractivity contribution is -0.250. The van der Waals surface area contributed by atoms with Crippen molar-refractivity contribution in [2.24, 2.45) is 0 Å². The van der Waals surface area contributed by atoms with Gasteiger partial charge in [-0.05, 0) is 43.2 Å². The number of hydrogen-bond acceptors (Lipinski definition) is 7. The molecule has 7 nitrogen and oxygen atoms in total. The highest BCUT2D eigenvalue weighted by atomic mass is 32.2. The number of methoxy groups -OCH3 is 1. The lowest BCUT2D eigenvalue weighted by atomic mass is 9.98. The van der Waals surface area contributed by atoms with Gasteiger partial charge in [-0.1, -0.05) is 17.8 Å². The summed E-state index contributed by atoms with van der Waals surface area (Å²) in [5.41, 5.74) is 2.66. The molecule has 3 aromatic rings. The monoisotopic (exact) mass is 463 g/mol. The first-order valence-corrected chi connectivity index (χ1v) is 11.0. The van der Waals surface area contributed by atoms with Crippen molar-refractivity contribution in [2.45, 2.75) is 54.3 Å². The van der Waals surface area contributed by atoms with E-state index in [2.05, 4.69) is 0 Å². The third kappa shape index (κ3) is 4.00. The molecule has 32 heavy (non-hydrogen) atoms. The van der Waals surface area contributed by atoms with E-state index in [9.17, 15) is 24.8 Å². The van der Waals surface area contributed by atoms with Crippen molar-refractivity contribution in [2.75, 3.05) is 13.7 Å². The maximum absolute atomic E-state index is 14.6. The molecule has 5 atom stereocenters. The number of hydrogen-bond donors (Lipinski definition) is 4. The van der Waals surface area contributed by atoms with E-state index >= 15 is 0 Å². The van der Waals surface area contributed by atoms with Gasteiger partial charge in [-0.3, -0.25) is 0 Å². The van der Waals surface area contributed by atoms with Crippen molar-refractivity contribution in [3.05, 3.63) is 53.5 Å². The molecule has 1 fully saturated rings. The minimum absolute atomic E-state index is 0.402. The predicted molar refractivity (Wildman–Crippen MR) is 118 cm³/mol. The predicted octanol–water partition coefficient (Wildman–Crippen LogP) is 2.53. The zero-order valence-corrected chi connectivity index (χ0v) is 18.7. The largest absolute Gasteiger partial charge is 0.497 e. The number of benzene rings is 2. The second-order valence-corrected chi connectivity index (χ2v) is 9.08. The third-order valence-corrected chi connectivity index (χ3v) is 6.82. The fourth-order valence-electron chi connectivity index (χ4n) is 4.14. The molecule has 0 saturated carbocycles. The molecule has 0 spiro atoms. The maximum Gasteiger partial charge on any atom is 0.163 e. The molecule has 1 aliphatic rings. The third-order valence-electron chi connectivity index (χ3n) is 5.74. The normalized spacial score (nSPS) is 25.9. The molecule has 2 heterocycles. The van der Waals surface area contributed by atoms with Crippen LogP contribution in [-0.2, 0) is 4.74 Å². The summed E-state index contributed by atoms with van der Waals surface area (Å²) in [6.07, 6.45) is -4.72. The van der Waals surface area contributed by atoms with Crippen LogP contribution in [0.5, 0.6) is 5.75 Å². The second-order valence-electron chi connectivity index (χ2n) is 7.99. The molecular weight excluding hydrogens is 437 g/mol. The highest BCUT2D eigenvalue weighted by Crippen LogP contribution is 2.41. The van der Waals surface area contributed by atoms with E-state index in [1.807, 2.05) is 26.0 Å². The molecular formula is C23H26FNO6S. The molecule has 1 aromatic heterocycles. The van der Waals surface area contributed by atoms with Crippen molar-refractivity contribution in [3.8, 4) is 5.75 Å². The number of aliphatic hydroxyl groups excluding tert-OH is 4. The quantitative estimate of drug-likeness (QED) is 0.461. The summed E-state index contributed by atoms with van der Waals surface area (Å²) < 4.78 is 27.2. The zero-order valence-electron chi connectivity index (χ0n) is 17.9. The minimum atomic E-state index is -1.50. The van der Waals surface area contributed by atoms with Crippen molar-refractivity contribution < 1.29 is 34.3 Å². The molecule has 4 rings (SSSR count). The number of nitrogens with zero attached hydrogens (tertiary/aromatic N) is 1. The number of rotatable bonds is 5. The van der Waals surface area contributed by atoms with Crippen LogP contribution in [0.4, 0.5) is 4.39 Å². The molecule has 0 unspecified atom stereocenters. The Kier molecular flexibility index (Phi) is 6.49. The molecule has 1 saturated heterocycles. The average molecular weight is 464 g/mol. The van der Waals surface area contributed by atoms with Gasteiger partial charge in [0, 0.05) is 27.4 Å². The van der Waals surface area contributed by atoms with E-state index in [0.29, 0.717) is 10.6 Å². The van der Waals surface area contributed by atoms with Crippen molar-refractivity contribution in [1.29, 1.82) is 0 Å². The molecule has 0 amide bonds. The standard InChI is InChI=1S/C23H26FNO6S/c1-11-6-12(2)19-15(7-11)25(23-22(29)21(28)20(27)16(10-26)31-23)9-18(19)32-17-5-4-13(30-3)8-14(17)24/h4-9,16,20-23,26-29H,10H2,1-3H3/t16-,20-,21+,22-,23-/m1/s1. The summed E-state index contributed by atoms with van der Waals surface area (Å²) in [4.78, 5) is 1.14. The van der Waals surface area contributed by atoms with Gasteiger partial charge in [-0.15, -0.1) is 0 Å². The van der Waals surface area contributed by atoms with Gasteiger partial charge in [0.15, 0.2) is 6.23 Å². The molecule has 0 radical (unpaired) electrons. The molecule has 0 aliphatic carbocycles. The van der Waals surface area contributed by atoms with Crippen molar-refractivity contribution in [1.82, 2.24) is 4.57 Å². The van der Waals surface area contributed by atoms with Crippen LogP contribution in [-0.4, -0.2) is 63.1 Å². The molecule has 4 N–H and O–H groups in total. The summed E-state index contributed by atoms with van der Waals surface area (Å²) in [6.45, 7) is 3.37. The Bertz CT molecular complexity index is 1130. The number of aromatic nitrogens is 1. The number of aryl methyl sites for hydroxylation is 2. The van der Waals surface area contributed by atoms with Crippen LogP contribution < -0.4 is 4.74 Å². The van der Waals surface area contributed by atoms with Gasteiger partial charge in [-0.2, -0.15) is 0 Å². The van der Waals surface area contributed by atoms with Crippen LogP contribution >= 0.6 is 11.8 Å². The first-order chi connectivity index (χ1) is 15.2. The van der Waals surface area contributed by atoms with E-state index in [4.69, 9.17) is 9.47 Å². The fraction of sp³-hybridized carbons (Fsp3) is 0.391. The molecule has 9 heteroatoms. The average Bonchev–Trinajstić information content (AvgIpc) is 3.11. The Labute approximate surface area is 189 Å². The summed E-state index contributed by atoms with van der Waals surface area (Å²) in [7, 11) is 1.47. The lowest BCUT2D eigenvalue weighted by Gasteiger charge is -2.40. The number of aliphatic hydroxyl groups is 4. The molecule has 172 valence electrons. The smallest absolute Gasteiger partial charge is 0.163 e. The SMILES string of the molecule is COc1ccc(Sc2cn([C@@H]3O[C@H](CO)[C@@H](O)[C@H](O)[C@H]3O)c3cc(C)cc(C)c23)c(F)c1. The van der Waals surface area contributed by atoms with Gasteiger partial charge >= 0.3 is 0 Å². The minimum Gasteiger partial charge on any atom is -0.497 e. The summed E-state index contributed by atoms with van der Waals surface area (Å²) in [5.74, 6) is -0.00439. The fourth-order valence-corrected chi connectivity index (χ4v) is 5.20. The number of halogens is 1. The number of ether oxygens (including phenoxy) is 2. The molecule has 2 aromatic carbocycles. The van der Waals surface area contributed by atoms with E-state index < -0.39 is 43.1 Å². The van der Waals surface area contributed by atoms with Gasteiger partial charge in [0.2, 0.25) is 0 Å². The van der Waals surface area contributed by atoms with Gasteiger partial charge < -0.3 is 34.5 Å². The Morgan fingerprint density at radius 2 is 1.81 bits per heavy atom. The van der Waals surface area contributed by atoms with E-state index in [-0.39, 0.29) is 0 Å². The maximum atomic E-state index is 14.6. The zero-order chi connectivity index (χ0) is 23.2. The van der Waals surface area contributed by atoms with Crippen LogP contribution in [0, 0.1) is 19.7 Å². The van der Waals surface area contributed by atoms with Crippen LogP contribution in [0.3, 0.4) is 0 Å². The van der Waals surface area contributed by atoms with E-state index in [1.54, 1.807) is 22.9 Å². The van der Waals surface area contributed by atoms with Crippen molar-refractivity contribution >= 4 is 22.7 Å². The van der Waals surface area contributed by atoms with Gasteiger partial charge in [0.1, 0.15) is 36.0 Å². The van der Waals surface area contributed by atoms with Crippen molar-refractivity contribution in [3.63, 3.8) is 0 Å². The van der Waals surface area contributed by atoms with Crippen LogP contribution in [0.1, 0.15) is 17.4 Å². The highest BCUT2D eigenvalue weighted by Gasteiger charge is 2.44. The Morgan fingerprint density at radius 1 is 1.06 bits per heavy atom. The van der Waals surface area contributed by atoms with E-state index in [0.717, 1.165) is 26.9 Å². The molecule has 1 aliphatic heterocycles. The van der Waals surface area contributed by atoms with Gasteiger partial charge in [0.25, 0.3) is 0 Å². The summed E-state index contributed by atoms with van der Waals surface area (Å²) in [6, 6.07) is 8.56. The number of fused-ring (bicyclic) bond motifs is 1. The first kappa shape index (κ1) is 23.0.